The Labute approximate surface area is 143 Å². The molecule has 1 nitrogen and oxygen atoms in total. The molecule has 0 unspecified atom stereocenters. The number of hydrogen-bond acceptors (Lipinski definition) is 2. The molecule has 0 amide bonds. The van der Waals surface area contributed by atoms with Crippen molar-refractivity contribution in [2.45, 2.75) is 12.2 Å². The van der Waals surface area contributed by atoms with E-state index in [0.29, 0.717) is 27.1 Å². The first-order valence-electron chi connectivity index (χ1n) is 6.36. The highest BCUT2D eigenvalue weighted by Crippen LogP contribution is 2.25. The van der Waals surface area contributed by atoms with Gasteiger partial charge in [0, 0.05) is 38.6 Å². The molecule has 0 aliphatic carbocycles. The molecule has 0 aliphatic rings. The van der Waals surface area contributed by atoms with Gasteiger partial charge in [0.25, 0.3) is 0 Å². The SMILES string of the molecule is O=C(CCSCc1ccc(Cl)cc1Cl)c1ccc(Cl)cc1. The third-order valence-corrected chi connectivity index (χ3v) is 4.76. The number of hydrogen-bond donors (Lipinski definition) is 0. The largest absolute Gasteiger partial charge is 0.294 e. The number of ketones is 1. The van der Waals surface area contributed by atoms with Crippen molar-refractivity contribution in [3.63, 3.8) is 0 Å². The van der Waals surface area contributed by atoms with E-state index in [0.717, 1.165) is 17.1 Å². The summed E-state index contributed by atoms with van der Waals surface area (Å²) in [5.74, 6) is 1.64. The Morgan fingerprint density at radius 3 is 2.29 bits per heavy atom. The fraction of sp³-hybridized carbons (Fsp3) is 0.188. The summed E-state index contributed by atoms with van der Waals surface area (Å²) in [7, 11) is 0. The predicted molar refractivity (Wildman–Crippen MR) is 93.0 cm³/mol. The number of halogens is 3. The van der Waals surface area contributed by atoms with Crippen molar-refractivity contribution in [1.82, 2.24) is 0 Å². The molecule has 0 N–H and O–H groups in total. The number of carbonyl (C=O) groups is 1. The predicted octanol–water partition coefficient (Wildman–Crippen LogP) is 6.15. The van der Waals surface area contributed by atoms with Crippen molar-refractivity contribution >= 4 is 52.3 Å². The molecule has 21 heavy (non-hydrogen) atoms. The first kappa shape index (κ1) is 16.7. The lowest BCUT2D eigenvalue weighted by molar-refractivity contribution is 0.0989. The lowest BCUT2D eigenvalue weighted by atomic mass is 10.1. The molecule has 2 aromatic rings. The highest BCUT2D eigenvalue weighted by Gasteiger charge is 2.06. The average molecular weight is 360 g/mol. The standard InChI is InChI=1S/C16H13Cl3OS/c17-13-4-1-11(2-5-13)16(20)7-8-21-10-12-3-6-14(18)9-15(12)19/h1-6,9H,7-8,10H2. The molecule has 0 radical (unpaired) electrons. The first-order valence-corrected chi connectivity index (χ1v) is 8.65. The van der Waals surface area contributed by atoms with Crippen LogP contribution in [0.1, 0.15) is 22.3 Å². The van der Waals surface area contributed by atoms with Gasteiger partial charge in [0.1, 0.15) is 0 Å². The summed E-state index contributed by atoms with van der Waals surface area (Å²) in [6.07, 6.45) is 0.498. The van der Waals surface area contributed by atoms with Crippen LogP contribution < -0.4 is 0 Å². The topological polar surface area (TPSA) is 17.1 Å². The van der Waals surface area contributed by atoms with Gasteiger partial charge in [0.15, 0.2) is 5.78 Å². The second kappa shape index (κ2) is 8.09. The molecule has 2 aromatic carbocycles. The molecule has 0 saturated carbocycles. The Kier molecular flexibility index (Phi) is 6.43. The van der Waals surface area contributed by atoms with Crippen molar-refractivity contribution in [2.75, 3.05) is 5.75 Å². The van der Waals surface area contributed by atoms with Crippen molar-refractivity contribution < 1.29 is 4.79 Å². The maximum absolute atomic E-state index is 12.0. The minimum atomic E-state index is 0.126. The summed E-state index contributed by atoms with van der Waals surface area (Å²) in [6, 6.07) is 12.4. The molecule has 0 saturated heterocycles. The second-order valence-electron chi connectivity index (χ2n) is 4.47. The minimum Gasteiger partial charge on any atom is -0.294 e. The van der Waals surface area contributed by atoms with Crippen LogP contribution in [0.2, 0.25) is 15.1 Å². The van der Waals surface area contributed by atoms with E-state index in [-0.39, 0.29) is 5.78 Å². The molecule has 0 heterocycles. The van der Waals surface area contributed by atoms with E-state index in [1.807, 2.05) is 12.1 Å². The van der Waals surface area contributed by atoms with Crippen LogP contribution in [0.3, 0.4) is 0 Å². The maximum atomic E-state index is 12.0. The fourth-order valence-corrected chi connectivity index (χ4v) is 3.39. The summed E-state index contributed by atoms with van der Waals surface area (Å²) in [5.41, 5.74) is 1.73. The van der Waals surface area contributed by atoms with Gasteiger partial charge in [0.05, 0.1) is 0 Å². The molecule has 0 aromatic heterocycles. The van der Waals surface area contributed by atoms with Gasteiger partial charge in [-0.05, 0) is 42.0 Å². The molecule has 0 atom stereocenters. The van der Waals surface area contributed by atoms with Crippen LogP contribution in [-0.2, 0) is 5.75 Å². The van der Waals surface area contributed by atoms with Crippen molar-refractivity contribution in [2.24, 2.45) is 0 Å². The molecule has 0 spiro atoms. The van der Waals surface area contributed by atoms with E-state index in [4.69, 9.17) is 34.8 Å². The maximum Gasteiger partial charge on any atom is 0.163 e. The third-order valence-electron chi connectivity index (χ3n) is 2.91. The number of thioether (sulfide) groups is 1. The number of carbonyl (C=O) groups excluding carboxylic acids is 1. The van der Waals surface area contributed by atoms with Crippen LogP contribution >= 0.6 is 46.6 Å². The zero-order valence-corrected chi connectivity index (χ0v) is 14.2. The first-order chi connectivity index (χ1) is 10.1. The summed E-state index contributed by atoms with van der Waals surface area (Å²) in [5, 5.41) is 1.93. The van der Waals surface area contributed by atoms with Gasteiger partial charge in [-0.25, -0.2) is 0 Å². The highest BCUT2D eigenvalue weighted by molar-refractivity contribution is 7.98. The zero-order chi connectivity index (χ0) is 15.2. The van der Waals surface area contributed by atoms with Gasteiger partial charge >= 0.3 is 0 Å². The lowest BCUT2D eigenvalue weighted by Gasteiger charge is -2.05. The Morgan fingerprint density at radius 2 is 1.62 bits per heavy atom. The lowest BCUT2D eigenvalue weighted by Crippen LogP contribution is -2.00. The number of rotatable bonds is 6. The van der Waals surface area contributed by atoms with Gasteiger partial charge in [-0.3, -0.25) is 4.79 Å². The van der Waals surface area contributed by atoms with Crippen LogP contribution in [0, 0.1) is 0 Å². The van der Waals surface area contributed by atoms with Crippen molar-refractivity contribution in [3.05, 3.63) is 68.7 Å². The highest BCUT2D eigenvalue weighted by atomic mass is 35.5. The van der Waals surface area contributed by atoms with Crippen LogP contribution in [0.4, 0.5) is 0 Å². The van der Waals surface area contributed by atoms with Crippen molar-refractivity contribution in [3.8, 4) is 0 Å². The molecule has 2 rings (SSSR count). The van der Waals surface area contributed by atoms with Gasteiger partial charge in [-0.2, -0.15) is 11.8 Å². The monoisotopic (exact) mass is 358 g/mol. The van der Waals surface area contributed by atoms with Crippen molar-refractivity contribution in [1.29, 1.82) is 0 Å². The smallest absolute Gasteiger partial charge is 0.163 e. The summed E-state index contributed by atoms with van der Waals surface area (Å²) < 4.78 is 0. The van der Waals surface area contributed by atoms with Gasteiger partial charge in [0.2, 0.25) is 0 Å². The van der Waals surface area contributed by atoms with E-state index in [9.17, 15) is 4.79 Å². The number of Topliss-reactive ketones (excluding diaryl/α,β-unsaturated/α-hetero) is 1. The second-order valence-corrected chi connectivity index (χ2v) is 6.85. The van der Waals surface area contributed by atoms with Gasteiger partial charge in [-0.1, -0.05) is 40.9 Å². The Balaban J connectivity index is 1.79. The van der Waals surface area contributed by atoms with Gasteiger partial charge in [-0.15, -0.1) is 0 Å². The Hall–Kier alpha value is -0.670. The molecular weight excluding hydrogens is 347 g/mol. The van der Waals surface area contributed by atoms with Gasteiger partial charge < -0.3 is 0 Å². The summed E-state index contributed by atoms with van der Waals surface area (Å²) in [6.45, 7) is 0. The van der Waals surface area contributed by atoms with E-state index in [2.05, 4.69) is 0 Å². The van der Waals surface area contributed by atoms with Crippen LogP contribution in [0.5, 0.6) is 0 Å². The third kappa shape index (κ3) is 5.23. The van der Waals surface area contributed by atoms with E-state index >= 15 is 0 Å². The van der Waals surface area contributed by atoms with Crippen LogP contribution in [0.25, 0.3) is 0 Å². The quantitative estimate of drug-likeness (QED) is 0.454. The normalized spacial score (nSPS) is 10.6. The molecule has 110 valence electrons. The van der Waals surface area contributed by atoms with Crippen LogP contribution in [0.15, 0.2) is 42.5 Å². The van der Waals surface area contributed by atoms with E-state index < -0.39 is 0 Å². The zero-order valence-electron chi connectivity index (χ0n) is 11.1. The summed E-state index contributed by atoms with van der Waals surface area (Å²) >= 11 is 19.4. The molecule has 0 bridgehead atoms. The Morgan fingerprint density at radius 1 is 0.952 bits per heavy atom. The van der Waals surface area contributed by atoms with E-state index in [1.165, 1.54) is 0 Å². The minimum absolute atomic E-state index is 0.126. The summed E-state index contributed by atoms with van der Waals surface area (Å²) in [4.78, 5) is 12.0. The molecule has 5 heteroatoms. The molecule has 0 aliphatic heterocycles. The van der Waals surface area contributed by atoms with E-state index in [1.54, 1.807) is 42.1 Å². The average Bonchev–Trinajstić information content (AvgIpc) is 2.46. The Bertz CT molecular complexity index is 626. The number of benzene rings is 2. The fourth-order valence-electron chi connectivity index (χ4n) is 1.77. The van der Waals surface area contributed by atoms with Crippen LogP contribution in [-0.4, -0.2) is 11.5 Å². The molecule has 0 fully saturated rings. The molecular formula is C16H13Cl3OS.